The lowest BCUT2D eigenvalue weighted by molar-refractivity contribution is 0.299. The monoisotopic (exact) mass is 656 g/mol. The summed E-state index contributed by atoms with van der Waals surface area (Å²) in [7, 11) is 0. The van der Waals surface area contributed by atoms with Gasteiger partial charge in [-0.15, -0.1) is 0 Å². The molecule has 10 rings (SSSR count). The number of nitrogens with zero attached hydrogens (tertiary/aromatic N) is 2. The van der Waals surface area contributed by atoms with Crippen LogP contribution >= 0.6 is 0 Å². The summed E-state index contributed by atoms with van der Waals surface area (Å²) in [5, 5.41) is 5.82. The van der Waals surface area contributed by atoms with Crippen LogP contribution in [0, 0.1) is 0 Å². The summed E-state index contributed by atoms with van der Waals surface area (Å²) in [4.78, 5) is 10.2. The van der Waals surface area contributed by atoms with E-state index in [4.69, 9.17) is 14.4 Å². The molecular formula is C48H36N2O. The molecule has 2 heterocycles. The van der Waals surface area contributed by atoms with Crippen molar-refractivity contribution in [2.24, 2.45) is 0 Å². The molecule has 1 aliphatic carbocycles. The fourth-order valence-electron chi connectivity index (χ4n) is 8.24. The average molecular weight is 657 g/mol. The third-order valence-corrected chi connectivity index (χ3v) is 11.8. The molecule has 0 saturated carbocycles. The zero-order valence-electron chi connectivity index (χ0n) is 29.2. The Hall–Kier alpha value is -6.06. The van der Waals surface area contributed by atoms with Crippen molar-refractivity contribution in [1.29, 1.82) is 0 Å². The van der Waals surface area contributed by atoms with Crippen molar-refractivity contribution in [2.45, 2.75) is 38.5 Å². The Morgan fingerprint density at radius 3 is 1.76 bits per heavy atom. The van der Waals surface area contributed by atoms with Gasteiger partial charge in [0.2, 0.25) is 0 Å². The van der Waals surface area contributed by atoms with Gasteiger partial charge in [-0.2, -0.15) is 0 Å². The maximum atomic E-state index is 6.57. The Kier molecular flexibility index (Phi) is 6.27. The summed E-state index contributed by atoms with van der Waals surface area (Å²) in [5.74, 6) is 0.731. The Morgan fingerprint density at radius 2 is 1.02 bits per heavy atom. The summed E-state index contributed by atoms with van der Waals surface area (Å²) in [6.07, 6.45) is 0. The highest BCUT2D eigenvalue weighted by atomic mass is 16.3. The first kappa shape index (κ1) is 29.8. The zero-order chi connectivity index (χ0) is 34.5. The molecule has 3 heteroatoms. The minimum Gasteiger partial charge on any atom is -0.456 e. The van der Waals surface area contributed by atoms with Gasteiger partial charge in [0.05, 0.1) is 11.2 Å². The fourth-order valence-corrected chi connectivity index (χ4v) is 8.24. The predicted molar refractivity (Wildman–Crippen MR) is 212 cm³/mol. The molecule has 0 aliphatic heterocycles. The third kappa shape index (κ3) is 4.44. The standard InChI is InChI=1S/C48H36N2O/c1-47(2)40-24-33(34-20-22-36-42(25-34)49-46(30-15-9-6-10-16-30)50-45(36)29-13-7-5-8-14-29)19-21-35(40)37-28-44-39(27-41(37)48(47,3)4)38-23-31-17-11-12-18-32(31)26-43(38)51-44/h5-28H,1-4H3. The molecule has 2 aromatic heterocycles. The molecule has 0 N–H and O–H groups in total. The van der Waals surface area contributed by atoms with Gasteiger partial charge in [-0.3, -0.25) is 0 Å². The van der Waals surface area contributed by atoms with E-state index in [0.29, 0.717) is 0 Å². The van der Waals surface area contributed by atoms with Crippen molar-refractivity contribution in [1.82, 2.24) is 9.97 Å². The first-order valence-electron chi connectivity index (χ1n) is 17.7. The Morgan fingerprint density at radius 1 is 0.431 bits per heavy atom. The van der Waals surface area contributed by atoms with E-state index in [2.05, 4.69) is 149 Å². The van der Waals surface area contributed by atoms with Crippen LogP contribution in [0.1, 0.15) is 38.8 Å². The lowest BCUT2D eigenvalue weighted by atomic mass is 9.55. The van der Waals surface area contributed by atoms with Crippen molar-refractivity contribution in [2.75, 3.05) is 0 Å². The lowest BCUT2D eigenvalue weighted by Crippen LogP contribution is -2.43. The van der Waals surface area contributed by atoms with Gasteiger partial charge in [0.25, 0.3) is 0 Å². The second kappa shape index (κ2) is 10.7. The van der Waals surface area contributed by atoms with Crippen molar-refractivity contribution in [3.8, 4) is 44.9 Å². The molecule has 0 amide bonds. The molecule has 0 spiro atoms. The zero-order valence-corrected chi connectivity index (χ0v) is 29.2. The number of benzene rings is 7. The maximum Gasteiger partial charge on any atom is 0.160 e. The summed E-state index contributed by atoms with van der Waals surface area (Å²) in [5.41, 5.74) is 13.1. The smallest absolute Gasteiger partial charge is 0.160 e. The summed E-state index contributed by atoms with van der Waals surface area (Å²) in [6.45, 7) is 9.59. The SMILES string of the molecule is CC1(C)c2cc(-c3ccc4c(-c5ccccc5)nc(-c5ccccc5)nc4c3)ccc2-c2cc3oc4cc5ccccc5cc4c3cc2C1(C)C. The van der Waals surface area contributed by atoms with Crippen molar-refractivity contribution in [3.63, 3.8) is 0 Å². The van der Waals surface area contributed by atoms with Gasteiger partial charge in [0, 0.05) is 27.3 Å². The number of furan rings is 1. The summed E-state index contributed by atoms with van der Waals surface area (Å²) >= 11 is 0. The van der Waals surface area contributed by atoms with Gasteiger partial charge < -0.3 is 4.42 Å². The lowest BCUT2D eigenvalue weighted by Gasteiger charge is -2.48. The van der Waals surface area contributed by atoms with E-state index in [0.717, 1.165) is 50.3 Å². The van der Waals surface area contributed by atoms with E-state index in [-0.39, 0.29) is 10.8 Å². The normalized spacial score (nSPS) is 14.6. The second-order valence-electron chi connectivity index (χ2n) is 15.1. The molecule has 0 radical (unpaired) electrons. The average Bonchev–Trinajstić information content (AvgIpc) is 3.52. The van der Waals surface area contributed by atoms with Gasteiger partial charge in [0.15, 0.2) is 5.82 Å². The molecule has 9 aromatic rings. The fraction of sp³-hybridized carbons (Fsp3) is 0.125. The first-order valence-corrected chi connectivity index (χ1v) is 17.7. The minimum absolute atomic E-state index is 0.144. The third-order valence-electron chi connectivity index (χ3n) is 11.8. The summed E-state index contributed by atoms with van der Waals surface area (Å²) in [6, 6.07) is 52.0. The molecule has 0 saturated heterocycles. The van der Waals surface area contributed by atoms with E-state index in [9.17, 15) is 0 Å². The van der Waals surface area contributed by atoms with E-state index >= 15 is 0 Å². The largest absolute Gasteiger partial charge is 0.456 e. The molecule has 0 unspecified atom stereocenters. The van der Waals surface area contributed by atoms with Gasteiger partial charge in [0.1, 0.15) is 11.2 Å². The number of hydrogen-bond acceptors (Lipinski definition) is 3. The molecule has 51 heavy (non-hydrogen) atoms. The topological polar surface area (TPSA) is 38.9 Å². The van der Waals surface area contributed by atoms with E-state index in [1.54, 1.807) is 0 Å². The second-order valence-corrected chi connectivity index (χ2v) is 15.1. The Bertz CT molecular complexity index is 2850. The molecule has 244 valence electrons. The highest BCUT2D eigenvalue weighted by Crippen LogP contribution is 2.55. The predicted octanol–water partition coefficient (Wildman–Crippen LogP) is 12.9. The quantitative estimate of drug-likeness (QED) is 0.190. The Balaban J connectivity index is 1.14. The van der Waals surface area contributed by atoms with Crippen molar-refractivity contribution >= 4 is 43.6 Å². The van der Waals surface area contributed by atoms with Crippen LogP contribution in [0.5, 0.6) is 0 Å². The van der Waals surface area contributed by atoms with Crippen molar-refractivity contribution in [3.05, 3.63) is 157 Å². The van der Waals surface area contributed by atoms with Gasteiger partial charge >= 0.3 is 0 Å². The van der Waals surface area contributed by atoms with Crippen LogP contribution in [0.4, 0.5) is 0 Å². The maximum absolute atomic E-state index is 6.57. The highest BCUT2D eigenvalue weighted by molar-refractivity contribution is 6.11. The van der Waals surface area contributed by atoms with E-state index in [1.165, 1.54) is 49.4 Å². The number of fused-ring (bicyclic) bond motifs is 8. The Labute approximate surface area is 297 Å². The summed E-state index contributed by atoms with van der Waals surface area (Å²) < 4.78 is 6.57. The van der Waals surface area contributed by atoms with Gasteiger partial charge in [-0.05, 0) is 97.4 Å². The molecule has 0 fully saturated rings. The molecule has 0 bridgehead atoms. The van der Waals surface area contributed by atoms with Crippen LogP contribution in [0.3, 0.4) is 0 Å². The highest BCUT2D eigenvalue weighted by Gasteiger charge is 2.46. The van der Waals surface area contributed by atoms with Gasteiger partial charge in [-0.1, -0.05) is 131 Å². The minimum atomic E-state index is -0.148. The molecule has 3 nitrogen and oxygen atoms in total. The van der Waals surface area contributed by atoms with Crippen LogP contribution in [0.25, 0.3) is 88.5 Å². The van der Waals surface area contributed by atoms with Crippen LogP contribution < -0.4 is 0 Å². The number of hydrogen-bond donors (Lipinski definition) is 0. The van der Waals surface area contributed by atoms with Crippen LogP contribution in [-0.2, 0) is 10.8 Å². The molecular weight excluding hydrogens is 621 g/mol. The molecule has 7 aromatic carbocycles. The first-order chi connectivity index (χ1) is 24.8. The van der Waals surface area contributed by atoms with Crippen molar-refractivity contribution < 1.29 is 4.42 Å². The number of rotatable bonds is 3. The van der Waals surface area contributed by atoms with Crippen LogP contribution in [0.2, 0.25) is 0 Å². The van der Waals surface area contributed by atoms with Crippen LogP contribution in [-0.4, -0.2) is 9.97 Å². The van der Waals surface area contributed by atoms with Gasteiger partial charge in [-0.25, -0.2) is 9.97 Å². The molecule has 1 aliphatic rings. The van der Waals surface area contributed by atoms with E-state index in [1.807, 2.05) is 24.3 Å². The van der Waals surface area contributed by atoms with Crippen LogP contribution in [0.15, 0.2) is 150 Å². The van der Waals surface area contributed by atoms with E-state index < -0.39 is 0 Å². The number of aromatic nitrogens is 2. The molecule has 0 atom stereocenters.